The van der Waals surface area contributed by atoms with Gasteiger partial charge in [0.15, 0.2) is 9.47 Å². The number of rotatable bonds is 5. The molecule has 0 spiro atoms. The number of carbonyl (C=O) groups excluding carboxylic acids is 1. The Morgan fingerprint density at radius 2 is 2.00 bits per heavy atom. The quantitative estimate of drug-likeness (QED) is 0.353. The number of thioether (sulfide) groups is 1. The molecule has 0 aliphatic carbocycles. The van der Waals surface area contributed by atoms with Crippen molar-refractivity contribution in [2.45, 2.75) is 4.34 Å². The van der Waals surface area contributed by atoms with E-state index in [-0.39, 0.29) is 17.5 Å². The number of thiazole rings is 2. The predicted octanol–water partition coefficient (Wildman–Crippen LogP) is 6.05. The molecule has 27 heavy (non-hydrogen) atoms. The normalized spacial score (nSPS) is 11.0. The molecular weight excluding hydrogens is 469 g/mol. The second-order valence-electron chi connectivity index (χ2n) is 5.47. The molecule has 0 aliphatic rings. The van der Waals surface area contributed by atoms with Crippen molar-refractivity contribution in [3.63, 3.8) is 0 Å². The third-order valence-electron chi connectivity index (χ3n) is 3.55. The van der Waals surface area contributed by atoms with Crippen LogP contribution >= 0.6 is 50.4 Å². The summed E-state index contributed by atoms with van der Waals surface area (Å²) in [5.74, 6) is -0.158. The number of hydrogen-bond acceptors (Lipinski definition) is 6. The van der Waals surface area contributed by atoms with E-state index in [0.29, 0.717) is 5.13 Å². The molecule has 0 radical (unpaired) electrons. The second-order valence-corrected chi connectivity index (χ2v) is 9.50. The zero-order chi connectivity index (χ0) is 18.8. The number of aromatic nitrogens is 2. The molecule has 2 heterocycles. The van der Waals surface area contributed by atoms with Gasteiger partial charge in [-0.15, -0.1) is 11.3 Å². The van der Waals surface area contributed by atoms with Gasteiger partial charge < -0.3 is 5.32 Å². The van der Waals surface area contributed by atoms with Crippen LogP contribution in [0, 0.1) is 5.82 Å². The van der Waals surface area contributed by atoms with Gasteiger partial charge in [0, 0.05) is 15.4 Å². The minimum Gasteiger partial charge on any atom is -0.301 e. The first-order valence-electron chi connectivity index (χ1n) is 7.77. The van der Waals surface area contributed by atoms with Crippen LogP contribution in [-0.4, -0.2) is 21.6 Å². The Kier molecular flexibility index (Phi) is 5.53. The third kappa shape index (κ3) is 4.55. The lowest BCUT2D eigenvalue weighted by Gasteiger charge is -1.99. The van der Waals surface area contributed by atoms with E-state index >= 15 is 0 Å². The zero-order valence-electron chi connectivity index (χ0n) is 13.6. The van der Waals surface area contributed by atoms with Crippen LogP contribution in [0.15, 0.2) is 56.7 Å². The molecule has 0 fully saturated rings. The summed E-state index contributed by atoms with van der Waals surface area (Å²) in [6.07, 6.45) is 0. The summed E-state index contributed by atoms with van der Waals surface area (Å²) in [5, 5.41) is 5.32. The third-order valence-corrected chi connectivity index (χ3v) is 6.99. The molecule has 1 amide bonds. The first-order chi connectivity index (χ1) is 13.1. The van der Waals surface area contributed by atoms with E-state index in [1.165, 1.54) is 46.6 Å². The SMILES string of the molecule is O=C(CSc1nc(-c2ccc(F)cc2)cs1)Nc1nc2ccc(Br)cc2s1. The largest absolute Gasteiger partial charge is 0.301 e. The average Bonchev–Trinajstić information content (AvgIpc) is 3.26. The molecule has 4 rings (SSSR count). The maximum atomic E-state index is 13.0. The van der Waals surface area contributed by atoms with Crippen LogP contribution in [0.5, 0.6) is 0 Å². The first-order valence-corrected chi connectivity index (χ1v) is 11.2. The maximum absolute atomic E-state index is 13.0. The summed E-state index contributed by atoms with van der Waals surface area (Å²) >= 11 is 7.70. The van der Waals surface area contributed by atoms with E-state index in [1.807, 2.05) is 23.6 Å². The second kappa shape index (κ2) is 8.05. The Balaban J connectivity index is 1.36. The number of nitrogens with one attached hydrogen (secondary N) is 1. The number of fused-ring (bicyclic) bond motifs is 1. The van der Waals surface area contributed by atoms with Gasteiger partial charge in [0.2, 0.25) is 5.91 Å². The van der Waals surface area contributed by atoms with Crippen molar-refractivity contribution in [3.8, 4) is 11.3 Å². The lowest BCUT2D eigenvalue weighted by atomic mass is 10.2. The van der Waals surface area contributed by atoms with Gasteiger partial charge in [-0.25, -0.2) is 14.4 Å². The molecule has 0 aliphatic heterocycles. The Morgan fingerprint density at radius 3 is 2.81 bits per heavy atom. The first kappa shape index (κ1) is 18.5. The summed E-state index contributed by atoms with van der Waals surface area (Å²) in [6, 6.07) is 12.0. The fraction of sp³-hybridized carbons (Fsp3) is 0.0556. The topological polar surface area (TPSA) is 54.9 Å². The van der Waals surface area contributed by atoms with Gasteiger partial charge in [-0.1, -0.05) is 39.0 Å². The lowest BCUT2D eigenvalue weighted by Crippen LogP contribution is -2.13. The fourth-order valence-electron chi connectivity index (χ4n) is 2.31. The lowest BCUT2D eigenvalue weighted by molar-refractivity contribution is -0.113. The van der Waals surface area contributed by atoms with Crippen molar-refractivity contribution < 1.29 is 9.18 Å². The number of halogens is 2. The standard InChI is InChI=1S/C18H11BrFN3OS3/c19-11-3-6-13-15(7-11)27-17(21-13)23-16(24)9-26-18-22-14(8-25-18)10-1-4-12(20)5-2-10/h1-8H,9H2,(H,21,23,24). The van der Waals surface area contributed by atoms with Crippen LogP contribution in [0.25, 0.3) is 21.5 Å². The predicted molar refractivity (Wildman–Crippen MR) is 114 cm³/mol. The van der Waals surface area contributed by atoms with Crippen LogP contribution in [0.4, 0.5) is 9.52 Å². The molecule has 4 nitrogen and oxygen atoms in total. The van der Waals surface area contributed by atoms with Gasteiger partial charge in [0.25, 0.3) is 0 Å². The van der Waals surface area contributed by atoms with E-state index < -0.39 is 0 Å². The van der Waals surface area contributed by atoms with Crippen molar-refractivity contribution in [1.82, 2.24) is 9.97 Å². The van der Waals surface area contributed by atoms with Gasteiger partial charge in [0.1, 0.15) is 5.82 Å². The summed E-state index contributed by atoms with van der Waals surface area (Å²) in [6.45, 7) is 0. The van der Waals surface area contributed by atoms with Crippen molar-refractivity contribution in [2.75, 3.05) is 11.1 Å². The Hall–Kier alpha value is -1.81. The molecule has 4 aromatic rings. The van der Waals surface area contributed by atoms with E-state index in [2.05, 4.69) is 31.2 Å². The Morgan fingerprint density at radius 1 is 1.19 bits per heavy atom. The Labute approximate surface area is 175 Å². The summed E-state index contributed by atoms with van der Waals surface area (Å²) in [7, 11) is 0. The number of carbonyl (C=O) groups is 1. The molecule has 0 saturated heterocycles. The Bertz CT molecular complexity index is 1110. The highest BCUT2D eigenvalue weighted by atomic mass is 79.9. The molecule has 1 N–H and O–H groups in total. The van der Waals surface area contributed by atoms with Gasteiger partial charge in [-0.05, 0) is 42.5 Å². The highest BCUT2D eigenvalue weighted by molar-refractivity contribution is 9.10. The summed E-state index contributed by atoms with van der Waals surface area (Å²) in [4.78, 5) is 21.1. The zero-order valence-corrected chi connectivity index (χ0v) is 17.6. The molecule has 2 aromatic carbocycles. The van der Waals surface area contributed by atoms with Crippen LogP contribution in [-0.2, 0) is 4.79 Å². The molecule has 9 heteroatoms. The number of anilines is 1. The van der Waals surface area contributed by atoms with Crippen molar-refractivity contribution >= 4 is 71.6 Å². The van der Waals surface area contributed by atoms with Crippen LogP contribution in [0.2, 0.25) is 0 Å². The number of benzene rings is 2. The average molecular weight is 480 g/mol. The summed E-state index contributed by atoms with van der Waals surface area (Å²) < 4.78 is 15.8. The molecular formula is C18H11BrFN3OS3. The number of hydrogen-bond donors (Lipinski definition) is 1. The number of nitrogens with zero attached hydrogens (tertiary/aromatic N) is 2. The van der Waals surface area contributed by atoms with E-state index in [1.54, 1.807) is 12.1 Å². The van der Waals surface area contributed by atoms with Crippen LogP contribution < -0.4 is 5.32 Å². The highest BCUT2D eigenvalue weighted by Gasteiger charge is 2.11. The van der Waals surface area contributed by atoms with Gasteiger partial charge in [0.05, 0.1) is 21.7 Å². The van der Waals surface area contributed by atoms with E-state index in [4.69, 9.17) is 0 Å². The summed E-state index contributed by atoms with van der Waals surface area (Å²) in [5.41, 5.74) is 2.49. The molecule has 0 saturated carbocycles. The smallest absolute Gasteiger partial charge is 0.236 e. The maximum Gasteiger partial charge on any atom is 0.236 e. The number of amides is 1. The minimum absolute atomic E-state index is 0.128. The van der Waals surface area contributed by atoms with Crippen molar-refractivity contribution in [1.29, 1.82) is 0 Å². The fourth-order valence-corrected chi connectivity index (χ4v) is 5.38. The van der Waals surface area contributed by atoms with Crippen LogP contribution in [0.1, 0.15) is 0 Å². The molecule has 0 bridgehead atoms. The van der Waals surface area contributed by atoms with Crippen LogP contribution in [0.3, 0.4) is 0 Å². The van der Waals surface area contributed by atoms with Gasteiger partial charge in [-0.3, -0.25) is 4.79 Å². The van der Waals surface area contributed by atoms with E-state index in [0.717, 1.165) is 30.3 Å². The highest BCUT2D eigenvalue weighted by Crippen LogP contribution is 2.30. The minimum atomic E-state index is -0.276. The van der Waals surface area contributed by atoms with Crippen molar-refractivity contribution in [2.24, 2.45) is 0 Å². The van der Waals surface area contributed by atoms with Gasteiger partial charge in [-0.2, -0.15) is 0 Å². The van der Waals surface area contributed by atoms with Crippen molar-refractivity contribution in [3.05, 3.63) is 58.1 Å². The monoisotopic (exact) mass is 479 g/mol. The van der Waals surface area contributed by atoms with E-state index in [9.17, 15) is 9.18 Å². The molecule has 0 unspecified atom stereocenters. The molecule has 136 valence electrons. The molecule has 2 aromatic heterocycles. The molecule has 0 atom stereocenters. The van der Waals surface area contributed by atoms with Gasteiger partial charge >= 0.3 is 0 Å².